The maximum Gasteiger partial charge on any atom is 0.224 e. The van der Waals surface area contributed by atoms with E-state index in [-0.39, 0.29) is 23.7 Å². The fraction of sp³-hybridized carbons (Fsp3) is 0.526. The van der Waals surface area contributed by atoms with Crippen molar-refractivity contribution in [2.75, 3.05) is 6.54 Å². The minimum Gasteiger partial charge on any atom is -0.356 e. The molecule has 0 saturated carbocycles. The highest BCUT2D eigenvalue weighted by atomic mass is 32.1. The number of amides is 2. The zero-order chi connectivity index (χ0) is 18.5. The summed E-state index contributed by atoms with van der Waals surface area (Å²) < 4.78 is 1.98. The molecule has 0 bridgehead atoms. The normalized spacial score (nSPS) is 19.6. The molecule has 7 heteroatoms. The maximum atomic E-state index is 12.7. The highest BCUT2D eigenvalue weighted by molar-refractivity contribution is 7.16. The molecule has 140 valence electrons. The van der Waals surface area contributed by atoms with E-state index in [0.717, 1.165) is 23.5 Å². The van der Waals surface area contributed by atoms with Gasteiger partial charge in [-0.25, -0.2) is 4.98 Å². The Morgan fingerprint density at radius 1 is 1.19 bits per heavy atom. The first kappa shape index (κ1) is 18.6. The molecule has 3 rings (SSSR count). The van der Waals surface area contributed by atoms with Crippen molar-refractivity contribution in [2.45, 2.75) is 46.1 Å². The van der Waals surface area contributed by atoms with Gasteiger partial charge in [0.15, 0.2) is 4.96 Å². The lowest BCUT2D eigenvalue weighted by atomic mass is 9.81. The second-order valence-electron chi connectivity index (χ2n) is 6.78. The molecule has 2 heterocycles. The quantitative estimate of drug-likeness (QED) is 0.578. The van der Waals surface area contributed by atoms with Gasteiger partial charge in [-0.05, 0) is 26.2 Å². The van der Waals surface area contributed by atoms with Crippen molar-refractivity contribution in [1.82, 2.24) is 20.0 Å². The van der Waals surface area contributed by atoms with Crippen molar-refractivity contribution in [1.29, 1.82) is 0 Å². The van der Waals surface area contributed by atoms with Gasteiger partial charge in [-0.15, -0.1) is 11.3 Å². The van der Waals surface area contributed by atoms with Gasteiger partial charge in [0.05, 0.1) is 24.1 Å². The lowest BCUT2D eigenvalue weighted by Gasteiger charge is -2.26. The summed E-state index contributed by atoms with van der Waals surface area (Å²) in [6.45, 7) is 5.20. The summed E-state index contributed by atoms with van der Waals surface area (Å²) in [6, 6.07) is 0. The fourth-order valence-electron chi connectivity index (χ4n) is 3.27. The summed E-state index contributed by atoms with van der Waals surface area (Å²) in [5, 5.41) is 5.93. The molecule has 1 aliphatic rings. The lowest BCUT2D eigenvalue weighted by Crippen LogP contribution is -2.43. The molecule has 0 unspecified atom stereocenters. The van der Waals surface area contributed by atoms with Crippen LogP contribution in [0.15, 0.2) is 24.5 Å². The number of hydrogen-bond acceptors (Lipinski definition) is 4. The van der Waals surface area contributed by atoms with Crippen LogP contribution in [-0.4, -0.2) is 27.7 Å². The number of rotatable bonds is 7. The smallest absolute Gasteiger partial charge is 0.224 e. The molecule has 1 aliphatic carbocycles. The Hall–Kier alpha value is -2.15. The molecular weight excluding hydrogens is 348 g/mol. The first-order chi connectivity index (χ1) is 12.6. The average Bonchev–Trinajstić information content (AvgIpc) is 3.16. The molecule has 0 spiro atoms. The molecule has 2 atom stereocenters. The van der Waals surface area contributed by atoms with E-state index in [1.54, 1.807) is 11.3 Å². The van der Waals surface area contributed by atoms with E-state index >= 15 is 0 Å². The number of aryl methyl sites for hydroxylation is 1. The van der Waals surface area contributed by atoms with Gasteiger partial charge < -0.3 is 10.6 Å². The number of hydrogen-bond donors (Lipinski definition) is 2. The van der Waals surface area contributed by atoms with Crippen LogP contribution in [0.25, 0.3) is 4.96 Å². The average molecular weight is 375 g/mol. The van der Waals surface area contributed by atoms with Crippen LogP contribution in [0.5, 0.6) is 0 Å². The van der Waals surface area contributed by atoms with Gasteiger partial charge in [0.2, 0.25) is 11.8 Å². The lowest BCUT2D eigenvalue weighted by molar-refractivity contribution is -0.135. The van der Waals surface area contributed by atoms with Crippen LogP contribution in [-0.2, 0) is 16.1 Å². The molecule has 0 saturated heterocycles. The van der Waals surface area contributed by atoms with E-state index in [1.807, 2.05) is 35.9 Å². The number of nitrogens with one attached hydrogen (secondary N) is 2. The summed E-state index contributed by atoms with van der Waals surface area (Å²) in [5.74, 6) is -0.684. The molecule has 2 aromatic rings. The van der Waals surface area contributed by atoms with Crippen molar-refractivity contribution < 1.29 is 9.59 Å². The number of nitrogens with zero attached hydrogens (tertiary/aromatic N) is 2. The van der Waals surface area contributed by atoms with Crippen LogP contribution < -0.4 is 10.6 Å². The molecule has 0 aromatic carbocycles. The third-order valence-corrected chi connectivity index (χ3v) is 5.61. The molecule has 2 aromatic heterocycles. The Labute approximate surface area is 157 Å². The van der Waals surface area contributed by atoms with Crippen LogP contribution in [0.3, 0.4) is 0 Å². The van der Waals surface area contributed by atoms with Crippen LogP contribution in [0.4, 0.5) is 0 Å². The fourth-order valence-corrected chi connectivity index (χ4v) is 4.09. The van der Waals surface area contributed by atoms with Crippen LogP contribution >= 0.6 is 11.3 Å². The van der Waals surface area contributed by atoms with E-state index < -0.39 is 0 Å². The Kier molecular flexibility index (Phi) is 6.08. The summed E-state index contributed by atoms with van der Waals surface area (Å²) >= 11 is 1.63. The number of allylic oxidation sites excluding steroid dienone is 2. The number of imidazole rings is 1. The predicted molar refractivity (Wildman–Crippen MR) is 103 cm³/mol. The first-order valence-corrected chi connectivity index (χ1v) is 10.0. The van der Waals surface area contributed by atoms with E-state index in [1.165, 1.54) is 4.88 Å². The first-order valence-electron chi connectivity index (χ1n) is 9.23. The third kappa shape index (κ3) is 4.33. The summed E-state index contributed by atoms with van der Waals surface area (Å²) in [7, 11) is 0. The van der Waals surface area contributed by atoms with Gasteiger partial charge >= 0.3 is 0 Å². The van der Waals surface area contributed by atoms with Crippen molar-refractivity contribution >= 4 is 28.1 Å². The van der Waals surface area contributed by atoms with Crippen LogP contribution in [0.2, 0.25) is 0 Å². The largest absolute Gasteiger partial charge is 0.356 e. The molecule has 6 nitrogen and oxygen atoms in total. The highest BCUT2D eigenvalue weighted by Gasteiger charge is 2.33. The van der Waals surface area contributed by atoms with Crippen molar-refractivity contribution in [3.8, 4) is 0 Å². The minimum absolute atomic E-state index is 0.0130. The zero-order valence-corrected chi connectivity index (χ0v) is 16.1. The number of unbranched alkanes of at least 4 members (excludes halogenated alkanes) is 1. The minimum atomic E-state index is -0.312. The van der Waals surface area contributed by atoms with E-state index in [9.17, 15) is 9.59 Å². The second-order valence-corrected chi connectivity index (χ2v) is 8.00. The Morgan fingerprint density at radius 3 is 2.54 bits per heavy atom. The number of aromatic nitrogens is 2. The van der Waals surface area contributed by atoms with Gasteiger partial charge in [0, 0.05) is 23.8 Å². The van der Waals surface area contributed by atoms with Gasteiger partial charge in [-0.1, -0.05) is 25.5 Å². The van der Waals surface area contributed by atoms with E-state index in [2.05, 4.69) is 22.5 Å². The standard InChI is InChI=1S/C19H26N4O2S/c1-3-4-9-20-17(24)15-7-5-6-8-16(15)18(25)21-10-14-12-23-11-13(2)26-19(23)22-14/h5-6,11-12,15-16H,3-4,7-10H2,1-2H3,(H,20,24)(H,21,25)/t15-,16+/m1/s1. The predicted octanol–water partition coefficient (Wildman–Crippen LogP) is 2.82. The zero-order valence-electron chi connectivity index (χ0n) is 15.3. The number of carbonyl (C=O) groups is 2. The van der Waals surface area contributed by atoms with Gasteiger partial charge in [0.25, 0.3) is 0 Å². The second kappa shape index (κ2) is 8.49. The molecule has 2 N–H and O–H groups in total. The van der Waals surface area contributed by atoms with Crippen LogP contribution in [0, 0.1) is 18.8 Å². The molecular formula is C19H26N4O2S. The summed E-state index contributed by atoms with van der Waals surface area (Å²) in [5.41, 5.74) is 0.833. The van der Waals surface area contributed by atoms with Gasteiger partial charge in [-0.3, -0.25) is 14.0 Å². The van der Waals surface area contributed by atoms with E-state index in [0.29, 0.717) is 25.9 Å². The molecule has 2 amide bonds. The topological polar surface area (TPSA) is 75.5 Å². The third-order valence-electron chi connectivity index (χ3n) is 4.70. The van der Waals surface area contributed by atoms with Gasteiger partial charge in [0.1, 0.15) is 0 Å². The number of thiazole rings is 1. The maximum absolute atomic E-state index is 12.7. The highest BCUT2D eigenvalue weighted by Crippen LogP contribution is 2.26. The number of fused-ring (bicyclic) bond motifs is 1. The SMILES string of the molecule is CCCCNC(=O)[C@@H]1CC=CC[C@@H]1C(=O)NCc1cn2cc(C)sc2n1. The Balaban J connectivity index is 1.58. The summed E-state index contributed by atoms with van der Waals surface area (Å²) in [4.78, 5) is 31.8. The van der Waals surface area contributed by atoms with Crippen LogP contribution in [0.1, 0.15) is 43.2 Å². The molecule has 26 heavy (non-hydrogen) atoms. The number of carbonyl (C=O) groups excluding carboxylic acids is 2. The molecule has 0 fully saturated rings. The van der Waals surface area contributed by atoms with Gasteiger partial charge in [-0.2, -0.15) is 0 Å². The van der Waals surface area contributed by atoms with E-state index in [4.69, 9.17) is 0 Å². The summed E-state index contributed by atoms with van der Waals surface area (Å²) in [6.07, 6.45) is 11.2. The van der Waals surface area contributed by atoms with Crippen molar-refractivity contribution in [3.63, 3.8) is 0 Å². The Morgan fingerprint density at radius 2 is 1.88 bits per heavy atom. The molecule has 0 aliphatic heterocycles. The van der Waals surface area contributed by atoms with Crippen molar-refractivity contribution in [2.24, 2.45) is 11.8 Å². The molecule has 0 radical (unpaired) electrons. The monoisotopic (exact) mass is 374 g/mol. The van der Waals surface area contributed by atoms with Crippen molar-refractivity contribution in [3.05, 3.63) is 35.1 Å². The Bertz CT molecular complexity index is 776.